The minimum absolute atomic E-state index is 0.00647. The van der Waals surface area contributed by atoms with Crippen molar-refractivity contribution in [2.75, 3.05) is 6.54 Å². The Bertz CT molecular complexity index is 548. The van der Waals surface area contributed by atoms with Gasteiger partial charge in [0.25, 0.3) is 5.91 Å². The number of carbonyl (C=O) groups excluding carboxylic acids is 2. The third-order valence-corrected chi connectivity index (χ3v) is 2.62. The number of nitrogens with two attached hydrogens (primary N) is 1. The van der Waals surface area contributed by atoms with Crippen LogP contribution in [0.5, 0.6) is 0 Å². The highest BCUT2D eigenvalue weighted by molar-refractivity contribution is 6.45. The molecule has 0 fully saturated rings. The van der Waals surface area contributed by atoms with Crippen molar-refractivity contribution in [3.63, 3.8) is 0 Å². The second-order valence-electron chi connectivity index (χ2n) is 4.96. The molecule has 0 aromatic rings. The highest BCUT2D eigenvalue weighted by Gasteiger charge is 2.33. The minimum atomic E-state index is -1.20. The van der Waals surface area contributed by atoms with Gasteiger partial charge in [0, 0.05) is 12.8 Å². The topological polar surface area (TPSA) is 137 Å². The van der Waals surface area contributed by atoms with Crippen molar-refractivity contribution in [1.82, 2.24) is 4.90 Å². The molecule has 0 bridgehead atoms. The number of carboxylic acid groups (broad SMARTS) is 1. The lowest BCUT2D eigenvalue weighted by atomic mass is 10.1. The van der Waals surface area contributed by atoms with E-state index < -0.39 is 24.3 Å². The van der Waals surface area contributed by atoms with Gasteiger partial charge in [-0.2, -0.15) is 0 Å². The lowest BCUT2D eigenvalue weighted by Gasteiger charge is -2.16. The molecule has 114 valence electrons. The van der Waals surface area contributed by atoms with E-state index in [0.717, 1.165) is 4.90 Å². The third kappa shape index (κ3) is 4.51. The van der Waals surface area contributed by atoms with Crippen LogP contribution in [0.4, 0.5) is 0 Å². The predicted molar refractivity (Wildman–Crippen MR) is 75.9 cm³/mol. The molecule has 1 aliphatic heterocycles. The average Bonchev–Trinajstić information content (AvgIpc) is 2.63. The summed E-state index contributed by atoms with van der Waals surface area (Å²) in [5.74, 6) is -2.31. The first-order chi connectivity index (χ1) is 9.72. The van der Waals surface area contributed by atoms with E-state index in [1.807, 2.05) is 13.8 Å². The molecule has 0 spiro atoms. The number of aliphatic imine (C=N–C) groups is 1. The van der Waals surface area contributed by atoms with Crippen molar-refractivity contribution in [3.05, 3.63) is 11.8 Å². The number of nitrogens with zero attached hydrogens (tertiary/aromatic N) is 2. The predicted octanol–water partition coefficient (Wildman–Crippen LogP) is 0.137. The summed E-state index contributed by atoms with van der Waals surface area (Å²) in [5, 5.41) is 16.7. The first-order valence-corrected chi connectivity index (χ1v) is 6.42. The number of amides is 2. The Balaban J connectivity index is 3.03. The van der Waals surface area contributed by atoms with Crippen molar-refractivity contribution in [3.8, 4) is 0 Å². The largest absolute Gasteiger partial charge is 0.480 e. The van der Waals surface area contributed by atoms with E-state index in [-0.39, 0.29) is 36.0 Å². The van der Waals surface area contributed by atoms with Crippen molar-refractivity contribution in [2.24, 2.45) is 16.6 Å². The van der Waals surface area contributed by atoms with Gasteiger partial charge in [-0.15, -0.1) is 0 Å². The molecule has 4 N–H and O–H groups in total. The summed E-state index contributed by atoms with van der Waals surface area (Å²) in [4.78, 5) is 38.7. The first kappa shape index (κ1) is 16.5. The number of hydrogen-bond acceptors (Lipinski definition) is 5. The highest BCUT2D eigenvalue weighted by atomic mass is 16.4. The number of nitrogens with one attached hydrogen (secondary N) is 1. The van der Waals surface area contributed by atoms with Gasteiger partial charge < -0.3 is 16.2 Å². The van der Waals surface area contributed by atoms with Crippen molar-refractivity contribution >= 4 is 29.3 Å². The van der Waals surface area contributed by atoms with Crippen LogP contribution in [0.3, 0.4) is 0 Å². The van der Waals surface area contributed by atoms with E-state index >= 15 is 0 Å². The van der Waals surface area contributed by atoms with Crippen LogP contribution in [-0.4, -0.2) is 45.9 Å². The number of allylic oxidation sites excluding steroid dienone is 1. The molecule has 0 aromatic heterocycles. The second kappa shape index (κ2) is 6.78. The molecule has 1 heterocycles. The zero-order chi connectivity index (χ0) is 16.2. The lowest BCUT2D eigenvalue weighted by Crippen LogP contribution is -2.40. The summed E-state index contributed by atoms with van der Waals surface area (Å²) in [6.07, 6.45) is 1.55. The fourth-order valence-electron chi connectivity index (χ4n) is 1.75. The molecule has 0 aromatic carbocycles. The second-order valence-corrected chi connectivity index (χ2v) is 4.96. The van der Waals surface area contributed by atoms with Crippen LogP contribution in [0.2, 0.25) is 0 Å². The van der Waals surface area contributed by atoms with Crippen LogP contribution >= 0.6 is 0 Å². The van der Waals surface area contributed by atoms with Crippen molar-refractivity contribution in [1.29, 1.82) is 5.41 Å². The third-order valence-electron chi connectivity index (χ3n) is 2.62. The number of carbonyl (C=O) groups is 3. The van der Waals surface area contributed by atoms with Gasteiger partial charge in [0.05, 0.1) is 5.71 Å². The number of hydrogen-bond donors (Lipinski definition) is 3. The molecular formula is C13H18N4O4. The number of aliphatic carboxylic acids is 1. The summed E-state index contributed by atoms with van der Waals surface area (Å²) >= 11 is 0. The maximum Gasteiger partial charge on any atom is 0.323 e. The molecule has 8 nitrogen and oxygen atoms in total. The van der Waals surface area contributed by atoms with E-state index in [0.29, 0.717) is 0 Å². The Morgan fingerprint density at radius 1 is 1.43 bits per heavy atom. The van der Waals surface area contributed by atoms with Crippen LogP contribution in [0.25, 0.3) is 0 Å². The Hall–Kier alpha value is -2.51. The van der Waals surface area contributed by atoms with Crippen LogP contribution in [0, 0.1) is 11.3 Å². The summed E-state index contributed by atoms with van der Waals surface area (Å²) < 4.78 is 0. The lowest BCUT2D eigenvalue weighted by molar-refractivity contribution is -0.140. The summed E-state index contributed by atoms with van der Waals surface area (Å²) in [6, 6.07) is 0. The Labute approximate surface area is 121 Å². The minimum Gasteiger partial charge on any atom is -0.480 e. The first-order valence-electron chi connectivity index (χ1n) is 6.42. The molecule has 8 heteroatoms. The maximum absolute atomic E-state index is 12.1. The molecule has 0 radical (unpaired) electrons. The fraction of sp³-hybridized carbons (Fsp3) is 0.462. The van der Waals surface area contributed by atoms with Crippen LogP contribution < -0.4 is 5.73 Å². The zero-order valence-corrected chi connectivity index (χ0v) is 11.9. The van der Waals surface area contributed by atoms with Gasteiger partial charge in [0.2, 0.25) is 5.91 Å². The van der Waals surface area contributed by atoms with Gasteiger partial charge in [-0.25, -0.2) is 4.99 Å². The van der Waals surface area contributed by atoms with Crippen LogP contribution in [-0.2, 0) is 14.4 Å². The average molecular weight is 294 g/mol. The molecule has 0 aliphatic carbocycles. The molecule has 0 saturated heterocycles. The number of amidine groups is 1. The van der Waals surface area contributed by atoms with E-state index in [1.165, 1.54) is 0 Å². The van der Waals surface area contributed by atoms with Gasteiger partial charge in [-0.1, -0.05) is 19.9 Å². The van der Waals surface area contributed by atoms with Gasteiger partial charge in [0.1, 0.15) is 12.2 Å². The monoisotopic (exact) mass is 294 g/mol. The smallest absolute Gasteiger partial charge is 0.323 e. The van der Waals surface area contributed by atoms with E-state index in [4.69, 9.17) is 16.2 Å². The highest BCUT2D eigenvalue weighted by Crippen LogP contribution is 2.18. The molecular weight excluding hydrogens is 276 g/mol. The quantitative estimate of drug-likeness (QED) is 0.454. The summed E-state index contributed by atoms with van der Waals surface area (Å²) in [5.41, 5.74) is 5.04. The molecule has 1 rings (SSSR count). The molecule has 0 unspecified atom stereocenters. The zero-order valence-electron chi connectivity index (χ0n) is 11.9. The standard InChI is InChI=1S/C13H18N4O4/c1-7(2)5-9-13(21)17(6-11(19)20)12(16-9)8(14)3-4-10(15)18/h5,7,14H,3-4,6H2,1-2H3,(H2,15,18)(H,19,20)/b9-5+,14-8?. The number of rotatable bonds is 7. The molecule has 1 aliphatic rings. The van der Waals surface area contributed by atoms with Crippen molar-refractivity contribution in [2.45, 2.75) is 26.7 Å². The molecule has 0 atom stereocenters. The number of primary amides is 1. The van der Waals surface area contributed by atoms with Crippen LogP contribution in [0.1, 0.15) is 26.7 Å². The molecule has 0 saturated carbocycles. The van der Waals surface area contributed by atoms with Gasteiger partial charge in [-0.05, 0) is 5.92 Å². The summed E-state index contributed by atoms with van der Waals surface area (Å²) in [6.45, 7) is 3.13. The Morgan fingerprint density at radius 3 is 2.52 bits per heavy atom. The van der Waals surface area contributed by atoms with E-state index in [1.54, 1.807) is 6.08 Å². The van der Waals surface area contributed by atoms with E-state index in [9.17, 15) is 14.4 Å². The van der Waals surface area contributed by atoms with Gasteiger partial charge in [0.15, 0.2) is 5.84 Å². The van der Waals surface area contributed by atoms with Gasteiger partial charge >= 0.3 is 5.97 Å². The van der Waals surface area contributed by atoms with Crippen LogP contribution in [0.15, 0.2) is 16.8 Å². The molecule has 21 heavy (non-hydrogen) atoms. The maximum atomic E-state index is 12.1. The van der Waals surface area contributed by atoms with Crippen molar-refractivity contribution < 1.29 is 19.5 Å². The Morgan fingerprint density at radius 2 is 2.05 bits per heavy atom. The normalized spacial score (nSPS) is 16.5. The van der Waals surface area contributed by atoms with E-state index in [2.05, 4.69) is 4.99 Å². The molecule has 2 amide bonds. The Kier molecular flexibility index (Phi) is 5.34. The fourth-order valence-corrected chi connectivity index (χ4v) is 1.75. The summed E-state index contributed by atoms with van der Waals surface area (Å²) in [7, 11) is 0. The SMILES string of the molecule is CC(C)/C=C1/N=C(C(=N)CCC(N)=O)N(CC(=O)O)C1=O. The van der Waals surface area contributed by atoms with Gasteiger partial charge in [-0.3, -0.25) is 19.3 Å². The number of carboxylic acids is 1.